The number of carbonyl (C=O) groups excluding carboxylic acids is 1. The summed E-state index contributed by atoms with van der Waals surface area (Å²) in [4.78, 5) is 13.0. The number of benzene rings is 2. The predicted molar refractivity (Wildman–Crippen MR) is 91.5 cm³/mol. The topological polar surface area (TPSA) is 75.8 Å². The van der Waals surface area contributed by atoms with Crippen LogP contribution >= 0.6 is 0 Å². The van der Waals surface area contributed by atoms with Gasteiger partial charge in [0.05, 0.1) is 6.54 Å². The van der Waals surface area contributed by atoms with Gasteiger partial charge >= 0.3 is 5.97 Å². The van der Waals surface area contributed by atoms with E-state index in [2.05, 4.69) is 6.58 Å². The van der Waals surface area contributed by atoms with E-state index >= 15 is 0 Å². The first-order chi connectivity index (χ1) is 11.1. The highest BCUT2D eigenvalue weighted by atomic mass is 16.5. The normalized spacial score (nSPS) is 11.5. The first-order valence-electron chi connectivity index (χ1n) is 7.25. The lowest BCUT2D eigenvalue weighted by atomic mass is 10.2. The smallest absolute Gasteiger partial charge is 0.330 e. The minimum Gasteiger partial charge on any atom is -0.460 e. The van der Waals surface area contributed by atoms with Gasteiger partial charge in [0, 0.05) is 23.1 Å². The first-order valence-corrected chi connectivity index (χ1v) is 7.25. The van der Waals surface area contributed by atoms with Crippen LogP contribution in [0.3, 0.4) is 0 Å². The highest BCUT2D eigenvalue weighted by Crippen LogP contribution is 2.26. The van der Waals surface area contributed by atoms with Crippen LogP contribution in [0.4, 0.5) is 17.1 Å². The molecule has 0 aliphatic rings. The van der Waals surface area contributed by atoms with Crippen LogP contribution in [-0.4, -0.2) is 30.3 Å². The van der Waals surface area contributed by atoms with Crippen LogP contribution in [0.5, 0.6) is 0 Å². The zero-order chi connectivity index (χ0) is 16.7. The van der Waals surface area contributed by atoms with E-state index in [9.17, 15) is 9.90 Å². The molecule has 0 fully saturated rings. The van der Waals surface area contributed by atoms with Crippen molar-refractivity contribution >= 4 is 23.0 Å². The Balaban J connectivity index is 2.15. The summed E-state index contributed by atoms with van der Waals surface area (Å²) < 4.78 is 4.89. The van der Waals surface area contributed by atoms with Crippen molar-refractivity contribution in [1.29, 1.82) is 0 Å². The third-order valence-electron chi connectivity index (χ3n) is 3.25. The van der Waals surface area contributed by atoms with Crippen LogP contribution in [0.25, 0.3) is 0 Å². The summed E-state index contributed by atoms with van der Waals surface area (Å²) in [6.45, 7) is 3.51. The maximum absolute atomic E-state index is 11.1. The number of nitrogens with zero attached hydrogens (tertiary/aromatic N) is 1. The van der Waals surface area contributed by atoms with Gasteiger partial charge in [-0.15, -0.1) is 0 Å². The molecule has 2 aromatic carbocycles. The van der Waals surface area contributed by atoms with Crippen molar-refractivity contribution in [3.05, 3.63) is 67.3 Å². The molecular weight excluding hydrogens is 292 g/mol. The molecule has 3 N–H and O–H groups in total. The number of anilines is 3. The van der Waals surface area contributed by atoms with Crippen molar-refractivity contribution in [3.63, 3.8) is 0 Å². The lowest BCUT2D eigenvalue weighted by molar-refractivity contribution is -0.140. The van der Waals surface area contributed by atoms with E-state index in [1.807, 2.05) is 47.4 Å². The number of para-hydroxylation sites is 1. The molecule has 1 unspecified atom stereocenters. The number of rotatable bonds is 7. The fourth-order valence-corrected chi connectivity index (χ4v) is 2.12. The van der Waals surface area contributed by atoms with Crippen molar-refractivity contribution in [3.8, 4) is 0 Å². The summed E-state index contributed by atoms with van der Waals surface area (Å²) in [5.74, 6) is -0.553. The average molecular weight is 312 g/mol. The Morgan fingerprint density at radius 1 is 1.17 bits per heavy atom. The Hall–Kier alpha value is -2.79. The Labute approximate surface area is 135 Å². The van der Waals surface area contributed by atoms with Crippen LogP contribution in [0.2, 0.25) is 0 Å². The number of carbonyl (C=O) groups is 1. The average Bonchev–Trinajstić information content (AvgIpc) is 2.59. The van der Waals surface area contributed by atoms with Crippen molar-refractivity contribution in [2.75, 3.05) is 23.8 Å². The second-order valence-corrected chi connectivity index (χ2v) is 5.03. The maximum atomic E-state index is 11.1. The lowest BCUT2D eigenvalue weighted by Crippen LogP contribution is -2.32. The van der Waals surface area contributed by atoms with Gasteiger partial charge in [-0.25, -0.2) is 4.79 Å². The molecule has 1 atom stereocenters. The van der Waals surface area contributed by atoms with Gasteiger partial charge in [-0.2, -0.15) is 0 Å². The lowest BCUT2D eigenvalue weighted by Gasteiger charge is -2.27. The minimum atomic E-state index is -0.836. The van der Waals surface area contributed by atoms with Gasteiger partial charge in [0.1, 0.15) is 12.7 Å². The maximum Gasteiger partial charge on any atom is 0.330 e. The van der Waals surface area contributed by atoms with E-state index in [-0.39, 0.29) is 13.2 Å². The summed E-state index contributed by atoms with van der Waals surface area (Å²) in [6, 6.07) is 17.0. The fourth-order valence-electron chi connectivity index (χ4n) is 2.12. The van der Waals surface area contributed by atoms with E-state index < -0.39 is 12.1 Å². The molecule has 0 heterocycles. The zero-order valence-corrected chi connectivity index (χ0v) is 12.8. The SMILES string of the molecule is C=CC(=O)OCC(O)CN(c1ccccc1)c1ccc(N)cc1. The van der Waals surface area contributed by atoms with Crippen LogP contribution < -0.4 is 10.6 Å². The third-order valence-corrected chi connectivity index (χ3v) is 3.25. The summed E-state index contributed by atoms with van der Waals surface area (Å²) in [5.41, 5.74) is 8.21. The number of hydrogen-bond donors (Lipinski definition) is 2. The molecule has 0 amide bonds. The summed E-state index contributed by atoms with van der Waals surface area (Å²) in [7, 11) is 0. The molecule has 2 rings (SSSR count). The monoisotopic (exact) mass is 312 g/mol. The number of aliphatic hydroxyl groups is 1. The zero-order valence-electron chi connectivity index (χ0n) is 12.8. The van der Waals surface area contributed by atoms with Crippen molar-refractivity contribution in [1.82, 2.24) is 0 Å². The van der Waals surface area contributed by atoms with Gasteiger partial charge in [-0.1, -0.05) is 24.8 Å². The Kier molecular flexibility index (Phi) is 5.77. The predicted octanol–water partition coefficient (Wildman–Crippen LogP) is 2.50. The van der Waals surface area contributed by atoms with Gasteiger partial charge in [0.2, 0.25) is 0 Å². The van der Waals surface area contributed by atoms with Gasteiger partial charge in [0.15, 0.2) is 0 Å². The molecule has 5 heteroatoms. The highest BCUT2D eigenvalue weighted by Gasteiger charge is 2.15. The second-order valence-electron chi connectivity index (χ2n) is 5.03. The largest absolute Gasteiger partial charge is 0.460 e. The number of nitrogens with two attached hydrogens (primary N) is 1. The van der Waals surface area contributed by atoms with Crippen molar-refractivity contribution in [2.45, 2.75) is 6.10 Å². The molecule has 0 saturated carbocycles. The molecule has 0 aliphatic heterocycles. The van der Waals surface area contributed by atoms with Gasteiger partial charge in [-0.05, 0) is 36.4 Å². The van der Waals surface area contributed by atoms with Gasteiger partial charge in [-0.3, -0.25) is 0 Å². The molecule has 0 aliphatic carbocycles. The molecule has 0 radical (unpaired) electrons. The molecule has 0 aromatic heterocycles. The number of ether oxygens (including phenoxy) is 1. The summed E-state index contributed by atoms with van der Waals surface area (Å²) >= 11 is 0. The molecule has 5 nitrogen and oxygen atoms in total. The van der Waals surface area contributed by atoms with Crippen LogP contribution in [-0.2, 0) is 9.53 Å². The van der Waals surface area contributed by atoms with E-state index in [0.29, 0.717) is 5.69 Å². The number of hydrogen-bond acceptors (Lipinski definition) is 5. The van der Waals surface area contributed by atoms with Crippen LogP contribution in [0.1, 0.15) is 0 Å². The van der Waals surface area contributed by atoms with Crippen LogP contribution in [0.15, 0.2) is 67.3 Å². The van der Waals surface area contributed by atoms with Crippen LogP contribution in [0, 0.1) is 0 Å². The number of nitrogen functional groups attached to an aromatic ring is 1. The molecule has 120 valence electrons. The molecule has 23 heavy (non-hydrogen) atoms. The molecule has 0 saturated heterocycles. The Morgan fingerprint density at radius 2 is 1.78 bits per heavy atom. The highest BCUT2D eigenvalue weighted by molar-refractivity contribution is 5.81. The molecule has 2 aromatic rings. The van der Waals surface area contributed by atoms with Gasteiger partial charge in [0.25, 0.3) is 0 Å². The van der Waals surface area contributed by atoms with Crippen molar-refractivity contribution in [2.24, 2.45) is 0 Å². The second kappa shape index (κ2) is 8.00. The van der Waals surface area contributed by atoms with E-state index in [4.69, 9.17) is 10.5 Å². The quantitative estimate of drug-likeness (QED) is 0.467. The fraction of sp³-hybridized carbons (Fsp3) is 0.167. The minimum absolute atomic E-state index is 0.0941. The first kappa shape index (κ1) is 16.6. The molecule has 0 spiro atoms. The van der Waals surface area contributed by atoms with Gasteiger partial charge < -0.3 is 20.5 Å². The summed E-state index contributed by atoms with van der Waals surface area (Å²) in [5, 5.41) is 10.2. The Bertz CT molecular complexity index is 641. The summed E-state index contributed by atoms with van der Waals surface area (Å²) in [6.07, 6.45) is 0.235. The third kappa shape index (κ3) is 4.86. The van der Waals surface area contributed by atoms with Crippen molar-refractivity contribution < 1.29 is 14.6 Å². The number of esters is 1. The Morgan fingerprint density at radius 3 is 2.39 bits per heavy atom. The van der Waals surface area contributed by atoms with E-state index in [1.165, 1.54) is 0 Å². The number of aliphatic hydroxyl groups excluding tert-OH is 1. The molecule has 0 bridgehead atoms. The van der Waals surface area contributed by atoms with E-state index in [0.717, 1.165) is 17.5 Å². The molecular formula is C18H20N2O3. The van der Waals surface area contributed by atoms with E-state index in [1.54, 1.807) is 12.1 Å². The standard InChI is InChI=1S/C18H20N2O3/c1-2-18(22)23-13-17(21)12-20(15-6-4-3-5-7-15)16-10-8-14(19)9-11-16/h2-11,17,21H,1,12-13,19H2.